The third-order valence-corrected chi connectivity index (χ3v) is 11.5. The first-order chi connectivity index (χ1) is 31.1. The Morgan fingerprint density at radius 2 is 1.63 bits per heavy atom. The molecule has 0 unspecified atom stereocenters. The molecule has 0 atom stereocenters. The summed E-state index contributed by atoms with van der Waals surface area (Å²) in [5.74, 6) is -1.04. The molecule has 0 saturated heterocycles. The van der Waals surface area contributed by atoms with Crippen LogP contribution >= 0.6 is 0 Å². The zero-order chi connectivity index (χ0) is 47.0. The molecule has 296 valence electrons. The van der Waals surface area contributed by atoms with Gasteiger partial charge in [0, 0.05) is 33.6 Å². The number of hydrogen-bond donors (Lipinski definition) is 0. The first kappa shape index (κ1) is 31.6. The average Bonchev–Trinajstić information content (AvgIpc) is 3.93. The third kappa shape index (κ3) is 8.04. The number of pyridine rings is 1. The van der Waals surface area contributed by atoms with E-state index in [-0.39, 0.29) is 59.4 Å². The molecule has 1 aliphatic rings. The van der Waals surface area contributed by atoms with Crippen molar-refractivity contribution in [1.29, 1.82) is 0 Å². The number of aromatic nitrogens is 3. The summed E-state index contributed by atoms with van der Waals surface area (Å²) in [6.45, 7) is 5.47. The number of fused-ring (bicyclic) bond motifs is 6. The summed E-state index contributed by atoms with van der Waals surface area (Å²) in [5, 5.41) is 6.10. The van der Waals surface area contributed by atoms with Crippen LogP contribution in [0.3, 0.4) is 0 Å². The third-order valence-electron chi connectivity index (χ3n) is 11.5. The Bertz CT molecular complexity index is 3280. The number of furan rings is 1. The van der Waals surface area contributed by atoms with Crippen molar-refractivity contribution in [2.24, 2.45) is 5.41 Å². The van der Waals surface area contributed by atoms with Crippen molar-refractivity contribution in [3.05, 3.63) is 163 Å². The summed E-state index contributed by atoms with van der Waals surface area (Å²) in [6, 6.07) is 39.0. The largest absolute Gasteiger partial charge is 3.00 e. The minimum Gasteiger partial charge on any atom is -0.501 e. The van der Waals surface area contributed by atoms with Crippen LogP contribution < -0.4 is 4.57 Å². The molecule has 4 nitrogen and oxygen atoms in total. The van der Waals surface area contributed by atoms with Gasteiger partial charge in [-0.05, 0) is 139 Å². The predicted octanol–water partition coefficient (Wildman–Crippen LogP) is 13.8. The summed E-state index contributed by atoms with van der Waals surface area (Å²) in [7, 11) is 0. The van der Waals surface area contributed by atoms with E-state index in [1.54, 1.807) is 18.2 Å². The minimum atomic E-state index is -2.68. The molecule has 5 heteroatoms. The molecule has 3 heterocycles. The fourth-order valence-corrected chi connectivity index (χ4v) is 8.03. The van der Waals surface area contributed by atoms with Crippen LogP contribution in [0, 0.1) is 37.6 Å². The molecule has 0 amide bonds. The molecule has 6 aromatic carbocycles. The second-order valence-electron chi connectivity index (χ2n) is 17.2. The molecule has 1 saturated carbocycles. The molecular formula is C54H51IrN3O+. The molecule has 1 fully saturated rings. The second-order valence-corrected chi connectivity index (χ2v) is 17.2. The van der Waals surface area contributed by atoms with Crippen molar-refractivity contribution in [3.63, 3.8) is 0 Å². The number of benzene rings is 6. The van der Waals surface area contributed by atoms with Crippen molar-refractivity contribution < 1.29 is 40.1 Å². The predicted molar refractivity (Wildman–Crippen MR) is 239 cm³/mol. The zero-order valence-electron chi connectivity index (χ0n) is 42.0. The average molecular weight is 958 g/mol. The molecule has 0 spiro atoms. The number of imidazole rings is 1. The minimum absolute atomic E-state index is 0. The van der Waals surface area contributed by atoms with E-state index in [1.807, 2.05) is 65.5 Å². The van der Waals surface area contributed by atoms with E-state index in [0.717, 1.165) is 50.8 Å². The number of para-hydroxylation sites is 1. The van der Waals surface area contributed by atoms with Crippen LogP contribution in [0.2, 0.25) is 0 Å². The van der Waals surface area contributed by atoms with E-state index in [0.29, 0.717) is 40.8 Å². The van der Waals surface area contributed by atoms with E-state index < -0.39 is 19.6 Å². The Morgan fingerprint density at radius 1 is 0.831 bits per heavy atom. The van der Waals surface area contributed by atoms with Crippen molar-refractivity contribution in [2.45, 2.75) is 85.4 Å². The van der Waals surface area contributed by atoms with Crippen molar-refractivity contribution >= 4 is 43.5 Å². The first-order valence-corrected chi connectivity index (χ1v) is 19.9. The number of nitrogens with zero attached hydrogens (tertiary/aromatic N) is 3. The van der Waals surface area contributed by atoms with Gasteiger partial charge in [-0.2, -0.15) is 30.3 Å². The van der Waals surface area contributed by atoms with Gasteiger partial charge >= 0.3 is 20.1 Å². The number of rotatable bonds is 4. The van der Waals surface area contributed by atoms with Gasteiger partial charge in [0.1, 0.15) is 5.58 Å². The van der Waals surface area contributed by atoms with E-state index in [2.05, 4.69) is 93.0 Å². The summed E-state index contributed by atoms with van der Waals surface area (Å²) < 4.78 is 79.8. The summed E-state index contributed by atoms with van der Waals surface area (Å²) in [6.07, 6.45) is 11.2. The normalized spacial score (nSPS) is 17.3. The molecule has 3 aromatic heterocycles. The van der Waals surface area contributed by atoms with Gasteiger partial charge in [0.2, 0.25) is 6.33 Å². The molecule has 10 rings (SSSR count). The van der Waals surface area contributed by atoms with Crippen molar-refractivity contribution in [1.82, 2.24) is 9.55 Å². The van der Waals surface area contributed by atoms with Crippen LogP contribution in [-0.2, 0) is 25.6 Å². The molecule has 0 aliphatic heterocycles. The van der Waals surface area contributed by atoms with Crippen LogP contribution in [-0.4, -0.2) is 9.55 Å². The van der Waals surface area contributed by atoms with Gasteiger partial charge in [0.05, 0.1) is 12.5 Å². The topological polar surface area (TPSA) is 34.8 Å². The Labute approximate surface area is 373 Å². The van der Waals surface area contributed by atoms with Crippen LogP contribution in [0.4, 0.5) is 0 Å². The molecular weight excluding hydrogens is 899 g/mol. The molecule has 0 bridgehead atoms. The van der Waals surface area contributed by atoms with E-state index in [9.17, 15) is 2.74 Å². The fourth-order valence-electron chi connectivity index (χ4n) is 8.03. The van der Waals surface area contributed by atoms with Gasteiger partial charge in [-0.15, -0.1) is 18.2 Å². The summed E-state index contributed by atoms with van der Waals surface area (Å²) >= 11 is 0. The quantitative estimate of drug-likeness (QED) is 0.100. The molecule has 9 aromatic rings. The van der Waals surface area contributed by atoms with Gasteiger partial charge in [-0.3, -0.25) is 0 Å². The number of aryl methyl sites for hydroxylation is 2. The number of hydrogen-bond acceptors (Lipinski definition) is 2. The SMILES string of the molecule is CC(C)(C)[n+]1[c-]n(-c2[c-]cccc2)cc1.[2H]c1cc(C2([2H])CCC(C)(C)CC2)cc(C([2H])([2H])[2H])c1-c1cc(-c2[c-]ccc3c2oc2cc4c(ccc5ccccc54)cc23)ncc1C([2H])([2H])[2H].[Ir+3]. The smallest absolute Gasteiger partial charge is 0.501 e. The molecule has 1 aliphatic carbocycles. The maximum Gasteiger partial charge on any atom is 3.00 e. The van der Waals surface area contributed by atoms with Crippen molar-refractivity contribution in [3.8, 4) is 28.1 Å². The van der Waals surface area contributed by atoms with Crippen molar-refractivity contribution in [2.75, 3.05) is 0 Å². The Hall–Kier alpha value is -5.35. The van der Waals surface area contributed by atoms with Crippen LogP contribution in [0.5, 0.6) is 0 Å². The van der Waals surface area contributed by atoms with E-state index in [4.69, 9.17) is 12.6 Å². The Morgan fingerprint density at radius 3 is 2.39 bits per heavy atom. The second kappa shape index (κ2) is 16.0. The fraction of sp³-hybridized carbons (Fsp3) is 0.259. The maximum absolute atomic E-state index is 9.33. The summed E-state index contributed by atoms with van der Waals surface area (Å²) in [5.41, 5.74) is 3.46. The molecule has 59 heavy (non-hydrogen) atoms. The molecule has 0 radical (unpaired) electrons. The first-order valence-electron chi connectivity index (χ1n) is 23.9. The van der Waals surface area contributed by atoms with E-state index >= 15 is 0 Å². The zero-order valence-corrected chi connectivity index (χ0v) is 36.4. The van der Waals surface area contributed by atoms with Gasteiger partial charge in [-0.25, -0.2) is 0 Å². The molecule has 0 N–H and O–H groups in total. The van der Waals surface area contributed by atoms with Gasteiger partial charge in [0.15, 0.2) is 0 Å². The van der Waals surface area contributed by atoms with Gasteiger partial charge in [-0.1, -0.05) is 91.1 Å². The monoisotopic (exact) mass is 958 g/mol. The maximum atomic E-state index is 9.33. The van der Waals surface area contributed by atoms with Gasteiger partial charge in [0.25, 0.3) is 0 Å². The Kier molecular flexibility index (Phi) is 8.57. The van der Waals surface area contributed by atoms with E-state index in [1.165, 1.54) is 12.3 Å². The van der Waals surface area contributed by atoms with Crippen LogP contribution in [0.15, 0.2) is 132 Å². The standard InChI is InChI=1S/C41H36NO.C13H15N2.Ir/c1-25-20-29(27-16-18-41(3,4)19-17-27)14-15-31(25)35-22-38(42-24-26(35)2)34-11-7-10-33-37-21-30-13-12-28-8-5-6-9-32(28)36(30)23-39(37)43-40(33)34;1-13(2,3)15-10-9-14(11-15)12-7-5-4-6-8-12;/h5-10,12-15,20-24,27H,16-19H2,1-4H3;4-7,9-10H,1-3H3;/q2*-1;+3/i1D3,2D3,15D,27D;;. The summed E-state index contributed by atoms with van der Waals surface area (Å²) in [4.78, 5) is 4.57. The van der Waals surface area contributed by atoms with Crippen LogP contribution in [0.1, 0.15) is 93.9 Å². The Balaban J connectivity index is 0.000000323. The van der Waals surface area contributed by atoms with Gasteiger partial charge < -0.3 is 18.5 Å². The van der Waals surface area contributed by atoms with Crippen LogP contribution in [0.25, 0.3) is 71.6 Å².